The number of nitrogens with zero attached hydrogens (tertiary/aromatic N) is 1. The van der Waals surface area contributed by atoms with Gasteiger partial charge in [-0.2, -0.15) is 0 Å². The van der Waals surface area contributed by atoms with Crippen LogP contribution in [0.1, 0.15) is 73.9 Å². The predicted molar refractivity (Wildman–Crippen MR) is 146 cm³/mol. The van der Waals surface area contributed by atoms with Gasteiger partial charge in [0, 0.05) is 32.1 Å². The summed E-state index contributed by atoms with van der Waals surface area (Å²) in [5.41, 5.74) is 1.01. The van der Waals surface area contributed by atoms with Crippen molar-refractivity contribution in [3.63, 3.8) is 0 Å². The molecular weight excluding hydrogens is 514 g/mol. The van der Waals surface area contributed by atoms with Crippen molar-refractivity contribution >= 4 is 23.6 Å². The monoisotopic (exact) mass is 553 g/mol. The van der Waals surface area contributed by atoms with E-state index in [-0.39, 0.29) is 41.7 Å². The lowest BCUT2D eigenvalue weighted by Gasteiger charge is -2.27. The van der Waals surface area contributed by atoms with Crippen LogP contribution >= 0.6 is 0 Å². The minimum absolute atomic E-state index is 0.114. The number of hydrogen-bond acceptors (Lipinski definition) is 7. The summed E-state index contributed by atoms with van der Waals surface area (Å²) < 4.78 is 11.0. The van der Waals surface area contributed by atoms with Crippen LogP contribution in [0.4, 0.5) is 0 Å². The molecule has 0 saturated carbocycles. The maximum atomic E-state index is 13.7. The van der Waals surface area contributed by atoms with Gasteiger partial charge in [0.1, 0.15) is 24.4 Å². The van der Waals surface area contributed by atoms with Crippen LogP contribution in [0.15, 0.2) is 41.0 Å². The van der Waals surface area contributed by atoms with Gasteiger partial charge in [-0.15, -0.1) is 0 Å². The first-order chi connectivity index (χ1) is 19.3. The van der Waals surface area contributed by atoms with E-state index in [1.807, 2.05) is 44.2 Å². The van der Waals surface area contributed by atoms with Crippen molar-refractivity contribution in [2.24, 2.45) is 11.8 Å². The van der Waals surface area contributed by atoms with Crippen molar-refractivity contribution < 1.29 is 28.3 Å². The van der Waals surface area contributed by atoms with E-state index >= 15 is 0 Å². The summed E-state index contributed by atoms with van der Waals surface area (Å²) in [6, 6.07) is 7.05. The molecule has 3 atom stereocenters. The molecule has 4 N–H and O–H groups in total. The number of ether oxygens (including phenoxy) is 1. The second-order valence-corrected chi connectivity index (χ2v) is 10.8. The third-order valence-electron chi connectivity index (χ3n) is 7.33. The number of rotatable bonds is 5. The van der Waals surface area contributed by atoms with Gasteiger partial charge in [-0.05, 0) is 43.6 Å². The molecule has 0 aliphatic carbocycles. The SMILES string of the molecule is CC(C)[C@@H]1NC(=O)[C@H](Cc2ccccc2)NC(=O)[C@@H](NC(=O)C2CCOCC2)CCCCNC(=O)c2coc1n2. The second kappa shape index (κ2) is 14.1. The number of fused-ring (bicyclic) bond motifs is 2. The largest absolute Gasteiger partial charge is 0.446 e. The minimum Gasteiger partial charge on any atom is -0.446 e. The fourth-order valence-electron chi connectivity index (χ4n) is 4.92. The zero-order chi connectivity index (χ0) is 28.5. The number of benzene rings is 1. The topological polar surface area (TPSA) is 152 Å². The molecule has 2 aromatic rings. The maximum Gasteiger partial charge on any atom is 0.273 e. The first-order valence-corrected chi connectivity index (χ1v) is 14.1. The van der Waals surface area contributed by atoms with Crippen LogP contribution in [0.2, 0.25) is 0 Å². The fraction of sp³-hybridized carbons (Fsp3) is 0.552. The Morgan fingerprint density at radius 2 is 1.77 bits per heavy atom. The summed E-state index contributed by atoms with van der Waals surface area (Å²) in [4.78, 5) is 57.2. The van der Waals surface area contributed by atoms with Gasteiger partial charge in [0.15, 0.2) is 5.69 Å². The molecule has 2 aliphatic heterocycles. The van der Waals surface area contributed by atoms with E-state index in [9.17, 15) is 19.2 Å². The Morgan fingerprint density at radius 1 is 1.02 bits per heavy atom. The van der Waals surface area contributed by atoms with Gasteiger partial charge in [-0.25, -0.2) is 4.98 Å². The van der Waals surface area contributed by atoms with Gasteiger partial charge in [-0.3, -0.25) is 19.2 Å². The Kier molecular flexibility index (Phi) is 10.3. The Balaban J connectivity index is 1.59. The smallest absolute Gasteiger partial charge is 0.273 e. The van der Waals surface area contributed by atoms with E-state index < -0.39 is 29.9 Å². The van der Waals surface area contributed by atoms with Crippen molar-refractivity contribution in [1.29, 1.82) is 0 Å². The highest BCUT2D eigenvalue weighted by Crippen LogP contribution is 2.22. The van der Waals surface area contributed by atoms with Crippen molar-refractivity contribution in [3.05, 3.63) is 53.7 Å². The number of carbonyl (C=O) groups excluding carboxylic acids is 4. The van der Waals surface area contributed by atoms with Crippen molar-refractivity contribution in [2.75, 3.05) is 19.8 Å². The fourth-order valence-corrected chi connectivity index (χ4v) is 4.92. The van der Waals surface area contributed by atoms with Gasteiger partial charge in [0.25, 0.3) is 5.91 Å². The molecule has 2 aliphatic rings. The van der Waals surface area contributed by atoms with Gasteiger partial charge >= 0.3 is 0 Å². The molecule has 1 aromatic carbocycles. The Labute approximate surface area is 234 Å². The molecule has 3 heterocycles. The zero-order valence-electron chi connectivity index (χ0n) is 23.1. The molecule has 4 amide bonds. The van der Waals surface area contributed by atoms with E-state index in [2.05, 4.69) is 26.3 Å². The van der Waals surface area contributed by atoms with Crippen molar-refractivity contribution in [1.82, 2.24) is 26.3 Å². The van der Waals surface area contributed by atoms with E-state index in [1.165, 1.54) is 6.26 Å². The van der Waals surface area contributed by atoms with Crippen LogP contribution in [0.25, 0.3) is 0 Å². The third-order valence-corrected chi connectivity index (χ3v) is 7.33. The Morgan fingerprint density at radius 3 is 2.50 bits per heavy atom. The second-order valence-electron chi connectivity index (χ2n) is 10.8. The summed E-state index contributed by atoms with van der Waals surface area (Å²) in [5.74, 6) is -1.52. The zero-order valence-corrected chi connectivity index (χ0v) is 23.1. The summed E-state index contributed by atoms with van der Waals surface area (Å²) >= 11 is 0. The quantitative estimate of drug-likeness (QED) is 0.442. The number of carbonyl (C=O) groups is 4. The highest BCUT2D eigenvalue weighted by molar-refractivity contribution is 5.93. The number of oxazole rings is 1. The highest BCUT2D eigenvalue weighted by atomic mass is 16.5. The molecule has 4 rings (SSSR count). The molecule has 0 radical (unpaired) electrons. The third kappa shape index (κ3) is 7.91. The standard InChI is InChI=1S/C29H39N5O6/c1-18(2)24-29-33-23(17-40-29)26(36)30-13-7-6-10-21(31-25(35)20-11-14-39-15-12-20)27(37)32-22(28(38)34-24)16-19-8-4-3-5-9-19/h3-5,8-9,17-18,20-22,24H,6-7,10-16H2,1-2H3,(H,30,36)(H,31,35)(H,32,37)(H,34,38)/t21-,22-,24-/m0/s1. The normalized spacial score (nSPS) is 23.7. The Bertz CT molecular complexity index is 1160. The summed E-state index contributed by atoms with van der Waals surface area (Å²) in [7, 11) is 0. The molecular formula is C29H39N5O6. The lowest BCUT2D eigenvalue weighted by Crippen LogP contribution is -2.55. The van der Waals surface area contributed by atoms with Gasteiger partial charge < -0.3 is 30.4 Å². The van der Waals surface area contributed by atoms with Crippen LogP contribution in [0.3, 0.4) is 0 Å². The highest BCUT2D eigenvalue weighted by Gasteiger charge is 2.32. The van der Waals surface area contributed by atoms with Crippen LogP contribution in [0, 0.1) is 11.8 Å². The average molecular weight is 554 g/mol. The first kappa shape index (κ1) is 29.3. The summed E-state index contributed by atoms with van der Waals surface area (Å²) in [5, 5.41) is 11.6. The molecule has 2 bridgehead atoms. The lowest BCUT2D eigenvalue weighted by atomic mass is 9.98. The van der Waals surface area contributed by atoms with Crippen LogP contribution in [-0.2, 0) is 25.5 Å². The molecule has 216 valence electrons. The minimum atomic E-state index is -0.913. The number of hydrogen-bond donors (Lipinski definition) is 4. The average Bonchev–Trinajstić information content (AvgIpc) is 3.45. The van der Waals surface area contributed by atoms with Crippen LogP contribution < -0.4 is 21.3 Å². The van der Waals surface area contributed by atoms with Crippen molar-refractivity contribution in [2.45, 2.75) is 70.5 Å². The molecule has 1 saturated heterocycles. The van der Waals surface area contributed by atoms with Crippen LogP contribution in [-0.4, -0.2) is 60.5 Å². The number of nitrogens with one attached hydrogen (secondary N) is 4. The van der Waals surface area contributed by atoms with E-state index in [0.717, 1.165) is 5.56 Å². The van der Waals surface area contributed by atoms with E-state index in [0.29, 0.717) is 51.9 Å². The van der Waals surface area contributed by atoms with Gasteiger partial charge in [0.05, 0.1) is 0 Å². The van der Waals surface area contributed by atoms with Gasteiger partial charge in [0.2, 0.25) is 23.6 Å². The van der Waals surface area contributed by atoms with Gasteiger partial charge in [-0.1, -0.05) is 44.2 Å². The summed E-state index contributed by atoms with van der Waals surface area (Å²) in [6.45, 7) is 5.21. The number of aromatic nitrogens is 1. The van der Waals surface area contributed by atoms with Crippen molar-refractivity contribution in [3.8, 4) is 0 Å². The molecule has 1 fully saturated rings. The molecule has 1 aromatic heterocycles. The molecule has 40 heavy (non-hydrogen) atoms. The first-order valence-electron chi connectivity index (χ1n) is 14.1. The lowest BCUT2D eigenvalue weighted by molar-refractivity contribution is -0.134. The summed E-state index contributed by atoms with van der Waals surface area (Å²) in [6.07, 6.45) is 4.27. The number of amides is 4. The molecule has 0 unspecified atom stereocenters. The molecule has 0 spiro atoms. The van der Waals surface area contributed by atoms with E-state index in [4.69, 9.17) is 9.15 Å². The van der Waals surface area contributed by atoms with Crippen LogP contribution in [0.5, 0.6) is 0 Å². The molecule has 11 heteroatoms. The Hall–Kier alpha value is -3.73. The maximum absolute atomic E-state index is 13.7. The molecule has 11 nitrogen and oxygen atoms in total. The predicted octanol–water partition coefficient (Wildman–Crippen LogP) is 2.04. The van der Waals surface area contributed by atoms with E-state index in [1.54, 1.807) is 0 Å².